The Morgan fingerprint density at radius 2 is 1.79 bits per heavy atom. The second kappa shape index (κ2) is 9.61. The van der Waals surface area contributed by atoms with E-state index < -0.39 is 48.6 Å². The average Bonchev–Trinajstić information content (AvgIpc) is 2.79. The fraction of sp³-hybridized carbons (Fsp3) is 0.417. The number of halogens is 4. The molecule has 2 atom stereocenters. The van der Waals surface area contributed by atoms with Gasteiger partial charge in [-0.1, -0.05) is 24.3 Å². The molecule has 2 amide bonds. The lowest BCUT2D eigenvalue weighted by molar-refractivity contribution is -0.197. The van der Waals surface area contributed by atoms with Gasteiger partial charge in [0.15, 0.2) is 0 Å². The molecule has 10 heteroatoms. The van der Waals surface area contributed by atoms with E-state index in [4.69, 9.17) is 0 Å². The Morgan fingerprint density at radius 3 is 2.47 bits per heavy atom. The van der Waals surface area contributed by atoms with Crippen molar-refractivity contribution >= 4 is 23.2 Å². The highest BCUT2D eigenvalue weighted by molar-refractivity contribution is 5.98. The van der Waals surface area contributed by atoms with Crippen LogP contribution in [0.2, 0.25) is 0 Å². The predicted molar refractivity (Wildman–Crippen MR) is 121 cm³/mol. The van der Waals surface area contributed by atoms with Crippen molar-refractivity contribution in [3.63, 3.8) is 0 Å². The van der Waals surface area contributed by atoms with Crippen LogP contribution in [0.1, 0.15) is 6.42 Å². The van der Waals surface area contributed by atoms with Crippen LogP contribution in [0.15, 0.2) is 42.5 Å². The van der Waals surface area contributed by atoms with Crippen molar-refractivity contribution < 1.29 is 27.2 Å². The van der Waals surface area contributed by atoms with Gasteiger partial charge in [-0.2, -0.15) is 13.2 Å². The topological polar surface area (TPSA) is 64.7 Å². The molecular formula is C24H26F4N4O2. The fourth-order valence-corrected chi connectivity index (χ4v) is 4.45. The van der Waals surface area contributed by atoms with Crippen LogP contribution in [-0.2, 0) is 9.59 Å². The second-order valence-corrected chi connectivity index (χ2v) is 8.75. The highest BCUT2D eigenvalue weighted by Crippen LogP contribution is 2.38. The van der Waals surface area contributed by atoms with Gasteiger partial charge in [0, 0.05) is 44.7 Å². The number of piperidine rings is 1. The molecular weight excluding hydrogens is 452 g/mol. The summed E-state index contributed by atoms with van der Waals surface area (Å²) >= 11 is 0. The number of nitrogens with zero attached hydrogens (tertiary/aromatic N) is 2. The molecule has 2 unspecified atom stereocenters. The lowest BCUT2D eigenvalue weighted by atomic mass is 9.84. The molecule has 2 aliphatic heterocycles. The van der Waals surface area contributed by atoms with E-state index in [9.17, 15) is 27.2 Å². The molecule has 2 aliphatic rings. The number of likely N-dealkylation sites (N-methyl/N-ethyl adjacent to an activating group) is 1. The number of amides is 2. The predicted octanol–water partition coefficient (Wildman–Crippen LogP) is 3.50. The van der Waals surface area contributed by atoms with E-state index in [-0.39, 0.29) is 0 Å². The summed E-state index contributed by atoms with van der Waals surface area (Å²) in [6, 6.07) is 11.3. The number of anilines is 2. The van der Waals surface area contributed by atoms with Crippen LogP contribution in [0.25, 0.3) is 11.1 Å². The van der Waals surface area contributed by atoms with E-state index in [1.807, 2.05) is 11.9 Å². The number of hydrogen-bond acceptors (Lipinski definition) is 4. The Kier molecular flexibility index (Phi) is 6.79. The Morgan fingerprint density at radius 1 is 1.09 bits per heavy atom. The Labute approximate surface area is 194 Å². The summed E-state index contributed by atoms with van der Waals surface area (Å²) in [6.45, 7) is 2.51. The molecule has 2 fully saturated rings. The van der Waals surface area contributed by atoms with Crippen LogP contribution in [0.3, 0.4) is 0 Å². The van der Waals surface area contributed by atoms with Crippen LogP contribution in [0.5, 0.6) is 0 Å². The maximum atomic E-state index is 14.4. The summed E-state index contributed by atoms with van der Waals surface area (Å²) < 4.78 is 55.2. The third-order valence-electron chi connectivity index (χ3n) is 6.45. The third-order valence-corrected chi connectivity index (χ3v) is 6.45. The van der Waals surface area contributed by atoms with Gasteiger partial charge in [0.2, 0.25) is 11.8 Å². The van der Waals surface area contributed by atoms with Crippen molar-refractivity contribution in [1.82, 2.24) is 10.2 Å². The molecule has 0 aromatic heterocycles. The van der Waals surface area contributed by atoms with E-state index in [1.54, 1.807) is 36.4 Å². The van der Waals surface area contributed by atoms with Gasteiger partial charge in [-0.3, -0.25) is 9.59 Å². The van der Waals surface area contributed by atoms with E-state index in [0.29, 0.717) is 35.6 Å². The molecule has 0 aliphatic carbocycles. The molecule has 34 heavy (non-hydrogen) atoms. The standard InChI is InChI=1S/C24H26F4N4O2/c1-31-8-10-32(11-9-31)21-7-6-15(16-4-2-3-5-19(16)25)12-20(21)30-23(34)17-14-29-22(33)13-18(17)24(26,27)28/h2-7,12,17-18H,8-11,13-14H2,1H3,(H,29,33)(H,30,34). The van der Waals surface area contributed by atoms with Crippen LogP contribution in [0, 0.1) is 17.7 Å². The number of benzene rings is 2. The zero-order chi connectivity index (χ0) is 24.5. The molecule has 2 saturated heterocycles. The first kappa shape index (κ1) is 24.0. The number of carbonyl (C=O) groups excluding carboxylic acids is 2. The van der Waals surface area contributed by atoms with Crippen LogP contribution in [-0.4, -0.2) is 62.7 Å². The highest BCUT2D eigenvalue weighted by Gasteiger charge is 2.50. The minimum absolute atomic E-state index is 0.313. The molecule has 2 N–H and O–H groups in total. The highest BCUT2D eigenvalue weighted by atomic mass is 19.4. The van der Waals surface area contributed by atoms with Gasteiger partial charge in [0.25, 0.3) is 0 Å². The minimum Gasteiger partial charge on any atom is -0.367 e. The molecule has 0 radical (unpaired) electrons. The van der Waals surface area contributed by atoms with E-state index >= 15 is 0 Å². The fourth-order valence-electron chi connectivity index (χ4n) is 4.45. The Bertz CT molecular complexity index is 1070. The molecule has 4 rings (SSSR count). The zero-order valence-corrected chi connectivity index (χ0v) is 18.7. The van der Waals surface area contributed by atoms with Crippen molar-refractivity contribution in [2.75, 3.05) is 50.0 Å². The van der Waals surface area contributed by atoms with E-state index in [0.717, 1.165) is 13.1 Å². The van der Waals surface area contributed by atoms with Gasteiger partial charge in [-0.15, -0.1) is 0 Å². The third kappa shape index (κ3) is 5.16. The quantitative estimate of drug-likeness (QED) is 0.661. The van der Waals surface area contributed by atoms with Crippen LogP contribution >= 0.6 is 0 Å². The molecule has 2 aromatic rings. The van der Waals surface area contributed by atoms with Gasteiger partial charge in [0.05, 0.1) is 23.2 Å². The van der Waals surface area contributed by atoms with Crippen molar-refractivity contribution in [3.8, 4) is 11.1 Å². The minimum atomic E-state index is -4.69. The van der Waals surface area contributed by atoms with E-state index in [2.05, 4.69) is 15.5 Å². The largest absolute Gasteiger partial charge is 0.393 e. The monoisotopic (exact) mass is 478 g/mol. The number of alkyl halides is 3. The summed E-state index contributed by atoms with van der Waals surface area (Å²) in [6.07, 6.45) is -5.47. The van der Waals surface area contributed by atoms with Crippen molar-refractivity contribution in [1.29, 1.82) is 0 Å². The zero-order valence-electron chi connectivity index (χ0n) is 18.7. The molecule has 2 heterocycles. The molecule has 0 saturated carbocycles. The first-order chi connectivity index (χ1) is 16.1. The van der Waals surface area contributed by atoms with Crippen molar-refractivity contribution in [2.24, 2.45) is 11.8 Å². The van der Waals surface area contributed by atoms with Gasteiger partial charge in [-0.25, -0.2) is 4.39 Å². The van der Waals surface area contributed by atoms with Crippen LogP contribution in [0.4, 0.5) is 28.9 Å². The number of rotatable bonds is 4. The molecule has 182 valence electrons. The first-order valence-corrected chi connectivity index (χ1v) is 11.1. The average molecular weight is 478 g/mol. The summed E-state index contributed by atoms with van der Waals surface area (Å²) in [5.41, 5.74) is 1.79. The molecule has 0 bridgehead atoms. The summed E-state index contributed by atoms with van der Waals surface area (Å²) in [5.74, 6) is -5.54. The maximum Gasteiger partial charge on any atom is 0.393 e. The first-order valence-electron chi connectivity index (χ1n) is 11.1. The number of nitrogens with one attached hydrogen (secondary N) is 2. The summed E-state index contributed by atoms with van der Waals surface area (Å²) in [5, 5.41) is 5.03. The summed E-state index contributed by atoms with van der Waals surface area (Å²) in [7, 11) is 2.00. The molecule has 6 nitrogen and oxygen atoms in total. The molecule has 0 spiro atoms. The smallest absolute Gasteiger partial charge is 0.367 e. The Hall–Kier alpha value is -3.14. The maximum absolute atomic E-state index is 14.4. The van der Waals surface area contributed by atoms with Crippen molar-refractivity contribution in [3.05, 3.63) is 48.3 Å². The normalized spacial score (nSPS) is 21.8. The number of carbonyl (C=O) groups is 2. The SMILES string of the molecule is CN1CCN(c2ccc(-c3ccccc3F)cc2NC(=O)C2CNC(=O)CC2C(F)(F)F)CC1. The lowest BCUT2D eigenvalue weighted by Crippen LogP contribution is -2.50. The Balaban J connectivity index is 1.67. The van der Waals surface area contributed by atoms with Gasteiger partial charge in [-0.05, 0) is 30.8 Å². The number of hydrogen-bond donors (Lipinski definition) is 2. The molecule has 2 aromatic carbocycles. The van der Waals surface area contributed by atoms with Gasteiger partial charge < -0.3 is 20.4 Å². The van der Waals surface area contributed by atoms with Crippen LogP contribution < -0.4 is 15.5 Å². The lowest BCUT2D eigenvalue weighted by Gasteiger charge is -2.36. The number of piperazine rings is 1. The van der Waals surface area contributed by atoms with Gasteiger partial charge in [0.1, 0.15) is 5.82 Å². The van der Waals surface area contributed by atoms with Crippen molar-refractivity contribution in [2.45, 2.75) is 12.6 Å². The van der Waals surface area contributed by atoms with E-state index in [1.165, 1.54) is 6.07 Å². The van der Waals surface area contributed by atoms with Gasteiger partial charge >= 0.3 is 6.18 Å². The second-order valence-electron chi connectivity index (χ2n) is 8.75. The summed E-state index contributed by atoms with van der Waals surface area (Å²) in [4.78, 5) is 28.8.